The molecule has 0 radical (unpaired) electrons. The van der Waals surface area contributed by atoms with Gasteiger partial charge in [0.2, 0.25) is 17.5 Å². The molecule has 9 rings (SSSR count). The Morgan fingerprint density at radius 3 is 2.19 bits per heavy atom. The van der Waals surface area contributed by atoms with Crippen LogP contribution in [0.5, 0.6) is 0 Å². The number of hydrogen-bond acceptors (Lipinski definition) is 7. The number of aromatic nitrogens is 1. The van der Waals surface area contributed by atoms with Crippen LogP contribution in [0.15, 0.2) is 121 Å². The molecular formula is C58H75N8O6S+3. The summed E-state index contributed by atoms with van der Waals surface area (Å²) < 4.78 is 37.5. The molecule has 4 aromatic rings. The molecule has 4 N–H and O–H groups in total. The Bertz CT molecular complexity index is 2910. The van der Waals surface area contributed by atoms with Gasteiger partial charge in [0.25, 0.3) is 16.0 Å². The Morgan fingerprint density at radius 2 is 1.51 bits per heavy atom. The summed E-state index contributed by atoms with van der Waals surface area (Å²) in [5, 5.41) is 8.61. The number of carbonyl (C=O) groups excluding carboxylic acids is 3. The standard InChI is InChI=1S/C58H72N8O6S/c1-57(2)47-15-9-11-17-50(47)63(5)52(57)28-23-44(24-29-53-58(3,4)48-16-10-12-18-51(48)64(53)32-14-40-73(70,71)72)49-27-22-45(41-60-49)56(69)59-31-13-7-8-19-54(67)61-42-55(68)62-46-25-20-43(21-26-46)30-33-66-37-34-65(6,35-38-66)36-39-66/h9-12,15-18,20-29,41H,7-8,13-14,19,30-40,42H2,1-6H3,(H-3,59,61,62,67,68,69,70,71,72)/p+3. The number of anilines is 2. The number of quaternary nitrogens is 2. The van der Waals surface area contributed by atoms with E-state index in [1.807, 2.05) is 48.5 Å². The van der Waals surface area contributed by atoms with Crippen LogP contribution in [-0.2, 0) is 37.0 Å². The molecule has 3 fully saturated rings. The lowest BCUT2D eigenvalue weighted by Gasteiger charge is -2.54. The van der Waals surface area contributed by atoms with Crippen LogP contribution in [0.4, 0.5) is 17.1 Å². The number of rotatable bonds is 21. The summed E-state index contributed by atoms with van der Waals surface area (Å²) in [7, 11) is 0.340. The number of amides is 3. The molecule has 1 aromatic heterocycles. The molecule has 0 saturated carbocycles. The van der Waals surface area contributed by atoms with Gasteiger partial charge in [-0.1, -0.05) is 74.9 Å². The SMILES string of the molecule is CN1C(=CC=C(/C=C/C2=[N+](CCCS(=O)(=O)O)c3ccccc3C2(C)C)c2ccc(C(=O)NCCCCCC(=O)NCC(=O)Nc3ccc(CC[N+]45CC[N+](C)(CC4)CC5)cc3)cn2)C(C)(C)c2ccccc21. The molecule has 5 aliphatic heterocycles. The topological polar surface area (TPSA) is 161 Å². The van der Waals surface area contributed by atoms with Gasteiger partial charge in [0.1, 0.15) is 45.8 Å². The molecule has 386 valence electrons. The maximum atomic E-state index is 13.3. The van der Waals surface area contributed by atoms with E-state index in [4.69, 9.17) is 4.98 Å². The number of carbonyl (C=O) groups is 3. The minimum Gasteiger partial charge on any atom is -0.352 e. The van der Waals surface area contributed by atoms with E-state index in [2.05, 4.69) is 122 Å². The molecule has 3 aromatic carbocycles. The third-order valence-electron chi connectivity index (χ3n) is 16.0. The fraction of sp³-hybridized carbons (Fsp3) is 0.431. The van der Waals surface area contributed by atoms with Gasteiger partial charge in [-0.05, 0) is 80.3 Å². The van der Waals surface area contributed by atoms with Crippen LogP contribution >= 0.6 is 0 Å². The molecule has 5 aliphatic rings. The fourth-order valence-corrected chi connectivity index (χ4v) is 11.7. The van der Waals surface area contributed by atoms with Crippen LogP contribution in [-0.4, -0.2) is 140 Å². The molecule has 0 aliphatic carbocycles. The smallest absolute Gasteiger partial charge is 0.265 e. The number of nitrogens with one attached hydrogen (secondary N) is 3. The lowest BCUT2D eigenvalue weighted by molar-refractivity contribution is -1.07. The predicted molar refractivity (Wildman–Crippen MR) is 291 cm³/mol. The average molecular weight is 1010 g/mol. The van der Waals surface area contributed by atoms with Crippen LogP contribution in [0.3, 0.4) is 0 Å². The van der Waals surface area contributed by atoms with Gasteiger partial charge in [-0.25, -0.2) is 0 Å². The van der Waals surface area contributed by atoms with Crippen molar-refractivity contribution in [3.63, 3.8) is 0 Å². The molecule has 0 spiro atoms. The van der Waals surface area contributed by atoms with Gasteiger partial charge in [-0.2, -0.15) is 13.0 Å². The second kappa shape index (κ2) is 22.1. The first-order valence-corrected chi connectivity index (χ1v) is 27.6. The van der Waals surface area contributed by atoms with Gasteiger partial charge in [0.15, 0.2) is 5.71 Å². The lowest BCUT2D eigenvalue weighted by Crippen LogP contribution is -2.73. The van der Waals surface area contributed by atoms with E-state index >= 15 is 0 Å². The summed E-state index contributed by atoms with van der Waals surface area (Å²) in [6.45, 7) is 18.3. The van der Waals surface area contributed by atoms with Crippen LogP contribution in [0.25, 0.3) is 5.57 Å². The Morgan fingerprint density at radius 1 is 0.808 bits per heavy atom. The maximum absolute atomic E-state index is 13.3. The van der Waals surface area contributed by atoms with Crippen molar-refractivity contribution < 1.29 is 40.9 Å². The summed E-state index contributed by atoms with van der Waals surface area (Å²) >= 11 is 0. The quantitative estimate of drug-likeness (QED) is 0.0219. The number of para-hydroxylation sites is 2. The fourth-order valence-electron chi connectivity index (χ4n) is 11.2. The van der Waals surface area contributed by atoms with E-state index < -0.39 is 15.5 Å². The summed E-state index contributed by atoms with van der Waals surface area (Å²) in [6, 6.07) is 28.2. The van der Waals surface area contributed by atoms with Crippen molar-refractivity contribution in [2.75, 3.05) is 95.5 Å². The highest BCUT2D eigenvalue weighted by Gasteiger charge is 2.47. The molecule has 2 bridgehead atoms. The van der Waals surface area contributed by atoms with E-state index in [1.165, 1.54) is 59.4 Å². The first kappa shape index (κ1) is 53.0. The lowest BCUT2D eigenvalue weighted by atomic mass is 9.81. The number of unbranched alkanes of at least 4 members (excludes halogenated alkanes) is 2. The second-order valence-electron chi connectivity index (χ2n) is 21.8. The van der Waals surface area contributed by atoms with Gasteiger partial charge >= 0.3 is 0 Å². The zero-order valence-electron chi connectivity index (χ0n) is 43.6. The Kier molecular flexibility index (Phi) is 16.0. The molecular weight excluding hydrogens is 937 g/mol. The molecule has 3 amide bonds. The zero-order chi connectivity index (χ0) is 52.0. The van der Waals surface area contributed by atoms with Gasteiger partial charge in [-0.15, -0.1) is 0 Å². The van der Waals surface area contributed by atoms with E-state index in [-0.39, 0.29) is 48.3 Å². The third kappa shape index (κ3) is 12.6. The molecule has 0 atom stereocenters. The Balaban J connectivity index is 0.834. The van der Waals surface area contributed by atoms with Crippen molar-refractivity contribution >= 4 is 56.2 Å². The van der Waals surface area contributed by atoms with Crippen molar-refractivity contribution in [3.05, 3.63) is 149 Å². The van der Waals surface area contributed by atoms with Crippen LogP contribution in [0, 0.1) is 0 Å². The second-order valence-corrected chi connectivity index (χ2v) is 23.4. The minimum atomic E-state index is -4.12. The number of benzene rings is 3. The van der Waals surface area contributed by atoms with Crippen molar-refractivity contribution in [3.8, 4) is 0 Å². The number of pyridine rings is 1. The van der Waals surface area contributed by atoms with Crippen molar-refractivity contribution in [1.29, 1.82) is 0 Å². The van der Waals surface area contributed by atoms with Crippen molar-refractivity contribution in [2.45, 2.75) is 77.0 Å². The first-order valence-electron chi connectivity index (χ1n) is 26.0. The van der Waals surface area contributed by atoms with Crippen LogP contribution < -0.4 is 20.9 Å². The number of piperazine rings is 3. The molecule has 0 unspecified atom stereocenters. The van der Waals surface area contributed by atoms with E-state index in [0.29, 0.717) is 37.2 Å². The minimum absolute atomic E-state index is 0.0937. The molecule has 73 heavy (non-hydrogen) atoms. The summed E-state index contributed by atoms with van der Waals surface area (Å²) in [5.74, 6) is -1.03. The molecule has 3 saturated heterocycles. The van der Waals surface area contributed by atoms with Crippen LogP contribution in [0.2, 0.25) is 0 Å². The van der Waals surface area contributed by atoms with Crippen molar-refractivity contribution in [1.82, 2.24) is 15.6 Å². The highest BCUT2D eigenvalue weighted by atomic mass is 32.2. The Labute approximate surface area is 432 Å². The number of fused-ring (bicyclic) bond motifs is 5. The summed E-state index contributed by atoms with van der Waals surface area (Å²) in [4.78, 5) is 45.5. The number of nitrogens with zero attached hydrogens (tertiary/aromatic N) is 5. The van der Waals surface area contributed by atoms with Gasteiger partial charge in [0.05, 0.1) is 42.6 Å². The third-order valence-corrected chi connectivity index (χ3v) is 16.8. The van der Waals surface area contributed by atoms with Crippen molar-refractivity contribution in [2.24, 2.45) is 0 Å². The normalized spacial score (nSPS) is 21.4. The molecule has 15 heteroatoms. The summed E-state index contributed by atoms with van der Waals surface area (Å²) in [5.41, 5.74) is 9.81. The van der Waals surface area contributed by atoms with Crippen LogP contribution in [0.1, 0.15) is 92.5 Å². The monoisotopic (exact) mass is 1010 g/mol. The maximum Gasteiger partial charge on any atom is 0.265 e. The number of allylic oxidation sites excluding steroid dienone is 6. The number of hydrogen-bond donors (Lipinski definition) is 4. The number of likely N-dealkylation sites (N-methyl/N-ethyl adjacent to an activating group) is 2. The van der Waals surface area contributed by atoms with Gasteiger partial charge in [-0.3, -0.25) is 23.9 Å². The van der Waals surface area contributed by atoms with E-state index in [0.717, 1.165) is 59.0 Å². The van der Waals surface area contributed by atoms with E-state index in [1.54, 1.807) is 12.3 Å². The predicted octanol–water partition coefficient (Wildman–Crippen LogP) is 7.57. The van der Waals surface area contributed by atoms with Gasteiger partial charge < -0.3 is 29.8 Å². The molecule has 14 nitrogen and oxygen atoms in total. The zero-order valence-corrected chi connectivity index (χ0v) is 44.4. The highest BCUT2D eigenvalue weighted by Crippen LogP contribution is 2.47. The van der Waals surface area contributed by atoms with Gasteiger partial charge in [0, 0.05) is 84.8 Å². The highest BCUT2D eigenvalue weighted by molar-refractivity contribution is 7.85. The molecule has 6 heterocycles. The Hall–Kier alpha value is -6.26. The summed E-state index contributed by atoms with van der Waals surface area (Å²) in [6.07, 6.45) is 13.5. The largest absolute Gasteiger partial charge is 0.352 e. The van der Waals surface area contributed by atoms with E-state index in [9.17, 15) is 27.4 Å². The first-order chi connectivity index (χ1) is 34.8. The average Bonchev–Trinajstić information content (AvgIpc) is 3.71.